The summed E-state index contributed by atoms with van der Waals surface area (Å²) in [4.78, 5) is 28.7. The molecule has 3 aliphatic carbocycles. The minimum Gasteiger partial charge on any atom is -0.389 e. The molecule has 2 saturated heterocycles. The Morgan fingerprint density at radius 3 is 2.58 bits per heavy atom. The molecule has 8 heteroatoms. The molecular weight excluding hydrogens is 418 g/mol. The molecule has 3 heterocycles. The van der Waals surface area contributed by atoms with Gasteiger partial charge in [-0.2, -0.15) is 9.36 Å². The molecule has 1 N–H and O–H groups in total. The van der Waals surface area contributed by atoms with E-state index in [0.29, 0.717) is 36.3 Å². The zero-order chi connectivity index (χ0) is 23.0. The second-order valence-corrected chi connectivity index (χ2v) is 12.5. The minimum atomic E-state index is -0.546. The number of hydrogen-bond acceptors (Lipinski definition) is 6. The quantitative estimate of drug-likeness (QED) is 0.728. The number of aliphatic hydroxyl groups is 1. The summed E-state index contributed by atoms with van der Waals surface area (Å²) in [6.07, 6.45) is 9.84. The van der Waals surface area contributed by atoms with Crippen molar-refractivity contribution in [2.24, 2.45) is 35.0 Å². The van der Waals surface area contributed by atoms with Crippen molar-refractivity contribution >= 4 is 5.78 Å². The van der Waals surface area contributed by atoms with E-state index in [1.54, 1.807) is 0 Å². The van der Waals surface area contributed by atoms with E-state index < -0.39 is 5.60 Å². The van der Waals surface area contributed by atoms with Crippen molar-refractivity contribution in [1.29, 1.82) is 0 Å². The highest BCUT2D eigenvalue weighted by Crippen LogP contribution is 2.62. The number of hydrogen-bond donors (Lipinski definition) is 1. The number of ketones is 1. The maximum Gasteiger partial charge on any atom is 0.364 e. The predicted octanol–water partition coefficient (Wildman–Crippen LogP) is 2.10. The van der Waals surface area contributed by atoms with Crippen LogP contribution in [0, 0.1) is 35.0 Å². The summed E-state index contributed by atoms with van der Waals surface area (Å²) in [5, 5.41) is 18.6. The van der Waals surface area contributed by atoms with Gasteiger partial charge in [0.05, 0.1) is 12.1 Å². The third kappa shape index (κ3) is 3.72. The maximum absolute atomic E-state index is 13.5. The van der Waals surface area contributed by atoms with Crippen LogP contribution in [-0.4, -0.2) is 60.3 Å². The van der Waals surface area contributed by atoms with E-state index in [4.69, 9.17) is 0 Å². The van der Waals surface area contributed by atoms with E-state index in [9.17, 15) is 14.7 Å². The molecule has 0 aromatic carbocycles. The average Bonchev–Trinajstić information content (AvgIpc) is 3.43. The number of rotatable bonds is 5. The molecular formula is C25H39N5O3. The maximum atomic E-state index is 13.5. The van der Waals surface area contributed by atoms with E-state index in [0.717, 1.165) is 58.0 Å². The van der Waals surface area contributed by atoms with Crippen LogP contribution in [0.1, 0.15) is 71.6 Å². The topological polar surface area (TPSA) is 93.2 Å². The Kier molecular flexibility index (Phi) is 5.15. The van der Waals surface area contributed by atoms with E-state index >= 15 is 0 Å². The first-order chi connectivity index (χ1) is 15.7. The van der Waals surface area contributed by atoms with E-state index in [1.165, 1.54) is 22.2 Å². The molecule has 182 valence electrons. The highest BCUT2D eigenvalue weighted by atomic mass is 16.3. The molecule has 3 saturated carbocycles. The van der Waals surface area contributed by atoms with Crippen LogP contribution in [0.5, 0.6) is 0 Å². The van der Waals surface area contributed by atoms with Gasteiger partial charge in [-0.3, -0.25) is 9.69 Å². The van der Waals surface area contributed by atoms with Gasteiger partial charge < -0.3 is 5.11 Å². The van der Waals surface area contributed by atoms with Gasteiger partial charge in [0.15, 0.2) is 5.78 Å². The van der Waals surface area contributed by atoms with Gasteiger partial charge in [-0.25, -0.2) is 4.79 Å². The third-order valence-electron chi connectivity index (χ3n) is 10.2. The fourth-order valence-corrected chi connectivity index (χ4v) is 8.38. The molecule has 5 fully saturated rings. The van der Waals surface area contributed by atoms with E-state index in [2.05, 4.69) is 22.3 Å². The standard InChI is InChI=1S/C25H39N5O3/c1-24(33)10-8-21-18-7-11-25(2)19(17(18)9-12-28(21)15-24)5-6-20(25)22(31)14-30-23(32)29(26-27-30)13-16-3-4-16/h16-21,33H,3-15H2,1-2H3/t17-,18+,19+,20-,21-,24-,25+/m1/s1. The van der Waals surface area contributed by atoms with Gasteiger partial charge >= 0.3 is 5.69 Å². The van der Waals surface area contributed by atoms with Crippen LogP contribution in [0.25, 0.3) is 0 Å². The second-order valence-electron chi connectivity index (χ2n) is 12.5. The van der Waals surface area contributed by atoms with Crippen molar-refractivity contribution in [2.45, 2.75) is 96.4 Å². The van der Waals surface area contributed by atoms with Crippen LogP contribution in [0.15, 0.2) is 4.79 Å². The van der Waals surface area contributed by atoms with Gasteiger partial charge in [0, 0.05) is 18.5 Å². The molecule has 0 radical (unpaired) electrons. The molecule has 1 aromatic rings. The molecule has 6 rings (SSSR count). The number of Topliss-reactive ketones (excluding diaryl/α,β-unsaturated/α-hetero) is 1. The van der Waals surface area contributed by atoms with Crippen LogP contribution >= 0.6 is 0 Å². The average molecular weight is 458 g/mol. The monoisotopic (exact) mass is 457 g/mol. The SMILES string of the molecule is C[C@@]1(O)CC[C@@H]2[C@H]3CC[C@]4(C)[C@@H](C(=O)Cn5nnn(CC6CC6)c5=O)CC[C@H]4[C@@H]3CCN2C1. The second kappa shape index (κ2) is 7.74. The molecule has 8 nitrogen and oxygen atoms in total. The first kappa shape index (κ1) is 22.0. The molecule has 0 unspecified atom stereocenters. The summed E-state index contributed by atoms with van der Waals surface area (Å²) in [7, 11) is 0. The number of tetrazole rings is 1. The molecule has 1 aromatic heterocycles. The largest absolute Gasteiger partial charge is 0.389 e. The Hall–Kier alpha value is -1.54. The van der Waals surface area contributed by atoms with Gasteiger partial charge in [-0.15, -0.1) is 0 Å². The van der Waals surface area contributed by atoms with Crippen LogP contribution in [0.4, 0.5) is 0 Å². The summed E-state index contributed by atoms with van der Waals surface area (Å²) in [6.45, 7) is 6.92. The number of carbonyl (C=O) groups excluding carboxylic acids is 1. The number of fused-ring (bicyclic) bond motifs is 5. The smallest absolute Gasteiger partial charge is 0.364 e. The summed E-state index contributed by atoms with van der Waals surface area (Å²) in [6, 6.07) is 0.600. The lowest BCUT2D eigenvalue weighted by Crippen LogP contribution is -2.60. The normalized spacial score (nSPS) is 43.1. The van der Waals surface area contributed by atoms with E-state index in [1.807, 2.05) is 6.92 Å². The lowest BCUT2D eigenvalue weighted by atomic mass is 9.54. The number of nitrogens with zero attached hydrogens (tertiary/aromatic N) is 5. The van der Waals surface area contributed by atoms with Gasteiger partial charge in [0.2, 0.25) is 0 Å². The van der Waals surface area contributed by atoms with Crippen molar-refractivity contribution in [3.8, 4) is 0 Å². The summed E-state index contributed by atoms with van der Waals surface area (Å²) >= 11 is 0. The van der Waals surface area contributed by atoms with Crippen LogP contribution in [0.2, 0.25) is 0 Å². The van der Waals surface area contributed by atoms with Crippen LogP contribution in [0.3, 0.4) is 0 Å². The Morgan fingerprint density at radius 1 is 1.00 bits per heavy atom. The van der Waals surface area contributed by atoms with Gasteiger partial charge in [0.1, 0.15) is 6.54 Å². The number of carbonyl (C=O) groups is 1. The van der Waals surface area contributed by atoms with Crippen molar-refractivity contribution < 1.29 is 9.90 Å². The zero-order valence-corrected chi connectivity index (χ0v) is 20.2. The molecule has 2 aliphatic heterocycles. The Morgan fingerprint density at radius 2 is 1.79 bits per heavy atom. The molecule has 7 atom stereocenters. The fraction of sp³-hybridized carbons (Fsp3) is 0.920. The van der Waals surface area contributed by atoms with E-state index in [-0.39, 0.29) is 29.4 Å². The summed E-state index contributed by atoms with van der Waals surface area (Å²) in [5.74, 6) is 2.73. The van der Waals surface area contributed by atoms with Crippen LogP contribution in [-0.2, 0) is 17.9 Å². The molecule has 5 aliphatic rings. The van der Waals surface area contributed by atoms with Gasteiger partial charge in [-0.05, 0) is 111 Å². The van der Waals surface area contributed by atoms with Crippen LogP contribution < -0.4 is 5.69 Å². The van der Waals surface area contributed by atoms with Gasteiger partial charge in [0.25, 0.3) is 0 Å². The summed E-state index contributed by atoms with van der Waals surface area (Å²) in [5.41, 5.74) is -0.747. The fourth-order valence-electron chi connectivity index (χ4n) is 8.38. The summed E-state index contributed by atoms with van der Waals surface area (Å²) < 4.78 is 2.73. The minimum absolute atomic E-state index is 0.0223. The molecule has 33 heavy (non-hydrogen) atoms. The number of aromatic nitrogens is 4. The van der Waals surface area contributed by atoms with Gasteiger partial charge in [-0.1, -0.05) is 6.92 Å². The van der Waals surface area contributed by atoms with Crippen molar-refractivity contribution in [3.05, 3.63) is 10.5 Å². The van der Waals surface area contributed by atoms with Crippen molar-refractivity contribution in [3.63, 3.8) is 0 Å². The highest BCUT2D eigenvalue weighted by Gasteiger charge is 2.58. The molecule has 0 spiro atoms. The van der Waals surface area contributed by atoms with Crippen molar-refractivity contribution in [1.82, 2.24) is 24.7 Å². The Bertz CT molecular complexity index is 981. The lowest BCUT2D eigenvalue weighted by Gasteiger charge is -2.58. The Labute approximate surface area is 195 Å². The lowest BCUT2D eigenvalue weighted by molar-refractivity contribution is -0.134. The first-order valence-electron chi connectivity index (χ1n) is 13.2. The molecule has 0 bridgehead atoms. The Balaban J connectivity index is 1.15. The first-order valence-corrected chi connectivity index (χ1v) is 13.2. The zero-order valence-electron chi connectivity index (χ0n) is 20.2. The van der Waals surface area contributed by atoms with Crippen molar-refractivity contribution in [2.75, 3.05) is 13.1 Å². The number of piperidine rings is 2. The third-order valence-corrected chi connectivity index (χ3v) is 10.2. The molecule has 0 amide bonds. The predicted molar refractivity (Wildman–Crippen MR) is 122 cm³/mol. The highest BCUT2D eigenvalue weighted by molar-refractivity contribution is 5.82.